The van der Waals surface area contributed by atoms with Gasteiger partial charge in [-0.25, -0.2) is 4.79 Å². The molecule has 2 saturated heterocycles. The van der Waals surface area contributed by atoms with E-state index in [0.29, 0.717) is 25.1 Å². The number of rotatable bonds is 1. The van der Waals surface area contributed by atoms with E-state index in [9.17, 15) is 4.79 Å². The molecule has 1 saturated carbocycles. The molecule has 1 amide bonds. The summed E-state index contributed by atoms with van der Waals surface area (Å²) in [6.07, 6.45) is 3.75. The molecule has 0 aromatic heterocycles. The zero-order valence-corrected chi connectivity index (χ0v) is 10.0. The molecule has 1 atom stereocenters. The van der Waals surface area contributed by atoms with Crippen LogP contribution < -0.4 is 5.32 Å². The highest BCUT2D eigenvalue weighted by Crippen LogP contribution is 2.43. The zero-order valence-electron chi connectivity index (χ0n) is 10.0. The fraction of sp³-hybridized carbons (Fsp3) is 0.917. The maximum absolute atomic E-state index is 10.8. The van der Waals surface area contributed by atoms with Crippen LogP contribution in [0, 0.1) is 5.92 Å². The van der Waals surface area contributed by atoms with Crippen molar-refractivity contribution in [2.45, 2.75) is 37.4 Å². The molecule has 2 heterocycles. The number of morpholine rings is 1. The van der Waals surface area contributed by atoms with E-state index in [4.69, 9.17) is 9.84 Å². The third kappa shape index (κ3) is 2.26. The summed E-state index contributed by atoms with van der Waals surface area (Å²) in [6, 6.07) is 0. The van der Waals surface area contributed by atoms with Crippen LogP contribution in [-0.4, -0.2) is 54.0 Å². The first kappa shape index (κ1) is 11.3. The highest BCUT2D eigenvalue weighted by molar-refractivity contribution is 5.64. The summed E-state index contributed by atoms with van der Waals surface area (Å²) < 4.78 is 6.19. The first-order valence-corrected chi connectivity index (χ1v) is 6.55. The molecule has 2 aliphatic heterocycles. The minimum atomic E-state index is -0.787. The maximum Gasteiger partial charge on any atom is 0.407 e. The van der Waals surface area contributed by atoms with Crippen LogP contribution in [-0.2, 0) is 4.74 Å². The molecule has 1 spiro atoms. The van der Waals surface area contributed by atoms with E-state index in [1.54, 1.807) is 0 Å². The Kier molecular flexibility index (Phi) is 2.75. The summed E-state index contributed by atoms with van der Waals surface area (Å²) in [5.41, 5.74) is 0.146. The van der Waals surface area contributed by atoms with E-state index in [0.717, 1.165) is 25.9 Å². The summed E-state index contributed by atoms with van der Waals surface area (Å²) in [6.45, 7) is 3.25. The Morgan fingerprint density at radius 2 is 2.06 bits per heavy atom. The van der Waals surface area contributed by atoms with Gasteiger partial charge in [-0.2, -0.15) is 0 Å². The Balaban J connectivity index is 1.54. The van der Waals surface area contributed by atoms with Crippen LogP contribution in [0.15, 0.2) is 0 Å². The van der Waals surface area contributed by atoms with Gasteiger partial charge in [0, 0.05) is 26.2 Å². The van der Waals surface area contributed by atoms with Gasteiger partial charge in [0.15, 0.2) is 0 Å². The highest BCUT2D eigenvalue weighted by Gasteiger charge is 2.49. The first-order valence-electron chi connectivity index (χ1n) is 6.55. The highest BCUT2D eigenvalue weighted by atomic mass is 16.5. The number of carbonyl (C=O) groups is 1. The molecule has 17 heavy (non-hydrogen) atoms. The Labute approximate surface area is 101 Å². The van der Waals surface area contributed by atoms with Crippen LogP contribution in [0.2, 0.25) is 0 Å². The molecule has 3 rings (SSSR count). The summed E-state index contributed by atoms with van der Waals surface area (Å²) in [4.78, 5) is 12.3. The molecule has 0 aromatic rings. The largest absolute Gasteiger partial charge is 0.465 e. The second kappa shape index (κ2) is 4.14. The number of hydrogen-bond acceptors (Lipinski definition) is 3. The molecule has 5 nitrogen and oxygen atoms in total. The van der Waals surface area contributed by atoms with E-state index in [1.165, 1.54) is 17.7 Å². The van der Waals surface area contributed by atoms with Gasteiger partial charge in [-0.05, 0) is 31.6 Å². The van der Waals surface area contributed by atoms with Gasteiger partial charge >= 0.3 is 6.09 Å². The topological polar surface area (TPSA) is 61.8 Å². The summed E-state index contributed by atoms with van der Waals surface area (Å²) in [7, 11) is 0. The molecule has 5 heteroatoms. The number of nitrogens with one attached hydrogen (secondary N) is 1. The average Bonchev–Trinajstić information content (AvgIpc) is 3.08. The van der Waals surface area contributed by atoms with Crippen molar-refractivity contribution in [1.29, 1.82) is 0 Å². The number of ether oxygens (including phenoxy) is 1. The van der Waals surface area contributed by atoms with E-state index in [1.807, 2.05) is 0 Å². The number of nitrogens with zero attached hydrogens (tertiary/aromatic N) is 1. The van der Waals surface area contributed by atoms with E-state index < -0.39 is 6.09 Å². The van der Waals surface area contributed by atoms with E-state index >= 15 is 0 Å². The Hall–Kier alpha value is -0.810. The van der Waals surface area contributed by atoms with Crippen LogP contribution >= 0.6 is 0 Å². The van der Waals surface area contributed by atoms with Gasteiger partial charge in [0.25, 0.3) is 0 Å². The number of carboxylic acid groups (broad SMARTS) is 1. The Morgan fingerprint density at radius 3 is 2.65 bits per heavy atom. The van der Waals surface area contributed by atoms with Crippen molar-refractivity contribution in [3.63, 3.8) is 0 Å². The minimum Gasteiger partial charge on any atom is -0.465 e. The number of hydrogen-bond donors (Lipinski definition) is 2. The Morgan fingerprint density at radius 1 is 1.35 bits per heavy atom. The van der Waals surface area contributed by atoms with Crippen LogP contribution in [0.3, 0.4) is 0 Å². The van der Waals surface area contributed by atoms with Crippen molar-refractivity contribution in [3.8, 4) is 0 Å². The second-order valence-corrected chi connectivity index (χ2v) is 5.58. The van der Waals surface area contributed by atoms with Crippen LogP contribution in [0.4, 0.5) is 4.79 Å². The van der Waals surface area contributed by atoms with Gasteiger partial charge < -0.3 is 20.1 Å². The molecule has 0 bridgehead atoms. The number of piperidine rings is 1. The van der Waals surface area contributed by atoms with Crippen molar-refractivity contribution in [2.75, 3.05) is 26.2 Å². The summed E-state index contributed by atoms with van der Waals surface area (Å²) in [5, 5.41) is 12.4. The molecule has 3 fully saturated rings. The van der Waals surface area contributed by atoms with Crippen molar-refractivity contribution in [3.05, 3.63) is 0 Å². The predicted octanol–water partition coefficient (Wildman–Crippen LogP) is 0.897. The molecule has 1 unspecified atom stereocenters. The van der Waals surface area contributed by atoms with Gasteiger partial charge in [-0.3, -0.25) is 0 Å². The molecule has 0 radical (unpaired) electrons. The van der Waals surface area contributed by atoms with Crippen LogP contribution in [0.5, 0.6) is 0 Å². The Bertz CT molecular complexity index is 309. The van der Waals surface area contributed by atoms with Crippen molar-refractivity contribution in [1.82, 2.24) is 10.2 Å². The summed E-state index contributed by atoms with van der Waals surface area (Å²) >= 11 is 0. The van der Waals surface area contributed by atoms with Gasteiger partial charge in [-0.15, -0.1) is 0 Å². The molecular weight excluding hydrogens is 220 g/mol. The van der Waals surface area contributed by atoms with Crippen LogP contribution in [0.25, 0.3) is 0 Å². The van der Waals surface area contributed by atoms with Gasteiger partial charge in [-0.1, -0.05) is 0 Å². The monoisotopic (exact) mass is 240 g/mol. The lowest BCUT2D eigenvalue weighted by Crippen LogP contribution is -2.51. The van der Waals surface area contributed by atoms with Crippen molar-refractivity contribution >= 4 is 6.09 Å². The average molecular weight is 240 g/mol. The zero-order chi connectivity index (χ0) is 11.9. The third-order valence-corrected chi connectivity index (χ3v) is 4.34. The van der Waals surface area contributed by atoms with Crippen molar-refractivity contribution < 1.29 is 14.6 Å². The van der Waals surface area contributed by atoms with Crippen LogP contribution in [0.1, 0.15) is 25.7 Å². The third-order valence-electron chi connectivity index (χ3n) is 4.34. The van der Waals surface area contributed by atoms with E-state index in [-0.39, 0.29) is 5.60 Å². The van der Waals surface area contributed by atoms with Gasteiger partial charge in [0.2, 0.25) is 0 Å². The molecule has 3 aliphatic rings. The fourth-order valence-corrected chi connectivity index (χ4v) is 3.01. The molecule has 0 aromatic carbocycles. The second-order valence-electron chi connectivity index (χ2n) is 5.58. The normalized spacial score (nSPS) is 32.7. The predicted molar refractivity (Wildman–Crippen MR) is 62.0 cm³/mol. The minimum absolute atomic E-state index is 0.146. The van der Waals surface area contributed by atoms with Crippen molar-refractivity contribution in [2.24, 2.45) is 5.92 Å². The van der Waals surface area contributed by atoms with Gasteiger partial charge in [0.1, 0.15) is 0 Å². The number of likely N-dealkylation sites (tertiary alicyclic amines) is 1. The van der Waals surface area contributed by atoms with E-state index in [2.05, 4.69) is 5.32 Å². The lowest BCUT2D eigenvalue weighted by molar-refractivity contribution is -0.0900. The quantitative estimate of drug-likeness (QED) is 0.715. The standard InChI is InChI=1S/C12H20N2O3/c15-11(16)14-5-1-9(2-6-14)10-7-13-8-12(17-10)3-4-12/h9-10,13H,1-8H2,(H,15,16). The smallest absolute Gasteiger partial charge is 0.407 e. The molecule has 2 N–H and O–H groups in total. The molecule has 96 valence electrons. The fourth-order valence-electron chi connectivity index (χ4n) is 3.01. The lowest BCUT2D eigenvalue weighted by Gasteiger charge is -2.39. The maximum atomic E-state index is 10.8. The molecular formula is C12H20N2O3. The SMILES string of the molecule is O=C(O)N1CCC(C2CNCC3(CC3)O2)CC1. The first-order chi connectivity index (χ1) is 8.19. The number of amides is 1. The lowest BCUT2D eigenvalue weighted by atomic mass is 9.90. The summed E-state index contributed by atoms with van der Waals surface area (Å²) in [5.74, 6) is 0.524. The van der Waals surface area contributed by atoms with Gasteiger partial charge in [0.05, 0.1) is 11.7 Å². The molecule has 1 aliphatic carbocycles.